The van der Waals surface area contributed by atoms with Crippen molar-refractivity contribution in [2.45, 2.75) is 32.6 Å². The molecule has 0 radical (unpaired) electrons. The number of hydrogen-bond acceptors (Lipinski definition) is 2. The van der Waals surface area contributed by atoms with E-state index in [2.05, 4.69) is 58.6 Å². The Bertz CT molecular complexity index is 737. The number of aromatic nitrogens is 1. The number of H-pyrrole nitrogens is 1. The van der Waals surface area contributed by atoms with E-state index in [-0.39, 0.29) is 24.0 Å². The van der Waals surface area contributed by atoms with Crippen LogP contribution in [0.15, 0.2) is 29.4 Å². The van der Waals surface area contributed by atoms with Crippen molar-refractivity contribution in [3.63, 3.8) is 0 Å². The number of nitrogens with zero attached hydrogens (tertiary/aromatic N) is 2. The van der Waals surface area contributed by atoms with Gasteiger partial charge in [0.05, 0.1) is 0 Å². The maximum absolute atomic E-state index is 5.45. The predicted molar refractivity (Wildman–Crippen MR) is 124 cm³/mol. The number of aryl methyl sites for hydroxylation is 1. The first-order valence-corrected chi connectivity index (χ1v) is 9.73. The molecule has 0 spiro atoms. The van der Waals surface area contributed by atoms with Crippen LogP contribution in [-0.2, 0) is 11.2 Å². The first kappa shape index (κ1) is 22.0. The van der Waals surface area contributed by atoms with Crippen molar-refractivity contribution in [2.75, 3.05) is 40.4 Å². The smallest absolute Gasteiger partial charge is 0.193 e. The van der Waals surface area contributed by atoms with Crippen LogP contribution < -0.4 is 5.32 Å². The van der Waals surface area contributed by atoms with Crippen LogP contribution in [0.5, 0.6) is 0 Å². The Labute approximate surface area is 180 Å². The molecule has 2 heterocycles. The second-order valence-corrected chi connectivity index (χ2v) is 7.35. The number of guanidine groups is 1. The molecule has 0 unspecified atom stereocenters. The average Bonchev–Trinajstić information content (AvgIpc) is 3.06. The number of fused-ring (bicyclic) bond motifs is 1. The highest BCUT2D eigenvalue weighted by molar-refractivity contribution is 14.0. The predicted octanol–water partition coefficient (Wildman–Crippen LogP) is 3.96. The highest BCUT2D eigenvalue weighted by atomic mass is 127. The van der Waals surface area contributed by atoms with Crippen molar-refractivity contribution in [1.29, 1.82) is 0 Å². The van der Waals surface area contributed by atoms with Crippen molar-refractivity contribution in [2.24, 2.45) is 10.9 Å². The Hall–Kier alpha value is -1.28. The van der Waals surface area contributed by atoms with Gasteiger partial charge in [0.2, 0.25) is 0 Å². The van der Waals surface area contributed by atoms with E-state index < -0.39 is 0 Å². The van der Waals surface area contributed by atoms with Crippen LogP contribution in [0.2, 0.25) is 0 Å². The number of aliphatic imine (C=N–C) groups is 1. The van der Waals surface area contributed by atoms with Gasteiger partial charge in [-0.2, -0.15) is 0 Å². The van der Waals surface area contributed by atoms with Gasteiger partial charge in [0.1, 0.15) is 0 Å². The molecule has 1 aliphatic heterocycles. The van der Waals surface area contributed by atoms with Crippen molar-refractivity contribution in [3.05, 3.63) is 35.5 Å². The zero-order valence-electron chi connectivity index (χ0n) is 16.8. The minimum Gasteiger partial charge on any atom is -0.381 e. The molecule has 2 aromatic rings. The van der Waals surface area contributed by atoms with E-state index >= 15 is 0 Å². The molecular formula is C21H33IN4O. The van der Waals surface area contributed by atoms with Gasteiger partial charge < -0.3 is 19.9 Å². The van der Waals surface area contributed by atoms with Crippen molar-refractivity contribution < 1.29 is 4.74 Å². The van der Waals surface area contributed by atoms with Crippen LogP contribution in [0.1, 0.15) is 30.4 Å². The number of hydrogen-bond donors (Lipinski definition) is 2. The zero-order valence-corrected chi connectivity index (χ0v) is 19.1. The fraction of sp³-hybridized carbons (Fsp3) is 0.571. The van der Waals surface area contributed by atoms with Gasteiger partial charge in [0.15, 0.2) is 5.96 Å². The summed E-state index contributed by atoms with van der Waals surface area (Å²) in [6.07, 6.45) is 6.71. The highest BCUT2D eigenvalue weighted by Gasteiger charge is 2.15. The molecule has 1 aromatic carbocycles. The molecule has 0 bridgehead atoms. The number of rotatable bonds is 6. The largest absolute Gasteiger partial charge is 0.381 e. The van der Waals surface area contributed by atoms with E-state index in [0.29, 0.717) is 0 Å². The Kier molecular flexibility index (Phi) is 8.89. The standard InChI is InChI=1S/C21H32N4O.HI/c1-16-4-5-19-18(15-24-20(19)14-16)6-10-23-21(22-2)25(3)11-7-17-8-12-26-13-9-17;/h4-5,14-15,17,24H,6-13H2,1-3H3,(H,22,23);1H. The third-order valence-corrected chi connectivity index (χ3v) is 5.39. The summed E-state index contributed by atoms with van der Waals surface area (Å²) < 4.78 is 5.45. The van der Waals surface area contributed by atoms with Crippen molar-refractivity contribution in [3.8, 4) is 0 Å². The van der Waals surface area contributed by atoms with Gasteiger partial charge >= 0.3 is 0 Å². The monoisotopic (exact) mass is 484 g/mol. The number of benzene rings is 1. The molecule has 27 heavy (non-hydrogen) atoms. The molecule has 5 nitrogen and oxygen atoms in total. The molecule has 150 valence electrons. The summed E-state index contributed by atoms with van der Waals surface area (Å²) in [6.45, 7) is 5.89. The molecule has 0 aliphatic carbocycles. The maximum Gasteiger partial charge on any atom is 0.193 e. The number of ether oxygens (including phenoxy) is 1. The molecular weight excluding hydrogens is 451 g/mol. The van der Waals surface area contributed by atoms with Crippen molar-refractivity contribution in [1.82, 2.24) is 15.2 Å². The van der Waals surface area contributed by atoms with Crippen LogP contribution in [-0.4, -0.2) is 56.2 Å². The Morgan fingerprint density at radius 1 is 1.33 bits per heavy atom. The zero-order chi connectivity index (χ0) is 18.4. The molecule has 3 rings (SSSR count). The summed E-state index contributed by atoms with van der Waals surface area (Å²) >= 11 is 0. The lowest BCUT2D eigenvalue weighted by Gasteiger charge is -2.26. The molecule has 0 atom stereocenters. The average molecular weight is 484 g/mol. The van der Waals surface area contributed by atoms with E-state index in [0.717, 1.165) is 44.6 Å². The van der Waals surface area contributed by atoms with Crippen LogP contribution in [0.4, 0.5) is 0 Å². The third-order valence-electron chi connectivity index (χ3n) is 5.39. The first-order valence-electron chi connectivity index (χ1n) is 9.73. The van der Waals surface area contributed by atoms with Crippen LogP contribution in [0.25, 0.3) is 10.9 Å². The van der Waals surface area contributed by atoms with Crippen molar-refractivity contribution >= 4 is 40.8 Å². The lowest BCUT2D eigenvalue weighted by atomic mass is 9.96. The van der Waals surface area contributed by atoms with E-state index in [1.807, 2.05) is 7.05 Å². The van der Waals surface area contributed by atoms with Gasteiger partial charge in [0, 0.05) is 57.5 Å². The number of halogens is 1. The summed E-state index contributed by atoms with van der Waals surface area (Å²) in [5.41, 5.74) is 3.86. The van der Waals surface area contributed by atoms with Gasteiger partial charge in [-0.15, -0.1) is 24.0 Å². The second-order valence-electron chi connectivity index (χ2n) is 7.35. The molecule has 2 N–H and O–H groups in total. The maximum atomic E-state index is 5.45. The summed E-state index contributed by atoms with van der Waals surface area (Å²) in [4.78, 5) is 10.1. The van der Waals surface area contributed by atoms with Gasteiger partial charge in [0.25, 0.3) is 0 Å². The molecule has 1 aromatic heterocycles. The molecule has 6 heteroatoms. The highest BCUT2D eigenvalue weighted by Crippen LogP contribution is 2.20. The van der Waals surface area contributed by atoms with Gasteiger partial charge in [-0.25, -0.2) is 0 Å². The minimum atomic E-state index is 0. The first-order chi connectivity index (χ1) is 12.7. The Balaban J connectivity index is 0.00000261. The van der Waals surface area contributed by atoms with E-state index in [1.165, 1.54) is 41.3 Å². The quantitative estimate of drug-likeness (QED) is 0.371. The van der Waals surface area contributed by atoms with Gasteiger partial charge in [-0.3, -0.25) is 4.99 Å². The number of aromatic amines is 1. The molecule has 1 fully saturated rings. The van der Waals surface area contributed by atoms with Crippen LogP contribution >= 0.6 is 24.0 Å². The Morgan fingerprint density at radius 3 is 2.85 bits per heavy atom. The summed E-state index contributed by atoms with van der Waals surface area (Å²) in [5.74, 6) is 1.77. The minimum absolute atomic E-state index is 0. The lowest BCUT2D eigenvalue weighted by Crippen LogP contribution is -2.40. The summed E-state index contributed by atoms with van der Waals surface area (Å²) in [7, 11) is 3.99. The lowest BCUT2D eigenvalue weighted by molar-refractivity contribution is 0.0625. The summed E-state index contributed by atoms with van der Waals surface area (Å²) in [5, 5.41) is 4.83. The van der Waals surface area contributed by atoms with Gasteiger partial charge in [-0.05, 0) is 55.7 Å². The van der Waals surface area contributed by atoms with E-state index in [4.69, 9.17) is 4.74 Å². The third kappa shape index (κ3) is 6.10. The van der Waals surface area contributed by atoms with E-state index in [1.54, 1.807) is 0 Å². The summed E-state index contributed by atoms with van der Waals surface area (Å²) in [6, 6.07) is 6.59. The van der Waals surface area contributed by atoms with Crippen LogP contribution in [0.3, 0.4) is 0 Å². The second kappa shape index (κ2) is 10.9. The number of nitrogens with one attached hydrogen (secondary N) is 2. The SMILES string of the molecule is CN=C(NCCc1c[nH]c2cc(C)ccc12)N(C)CCC1CCOCC1.I. The fourth-order valence-electron chi connectivity index (χ4n) is 3.72. The normalized spacial score (nSPS) is 15.6. The van der Waals surface area contributed by atoms with Crippen LogP contribution in [0, 0.1) is 12.8 Å². The van der Waals surface area contributed by atoms with E-state index in [9.17, 15) is 0 Å². The topological polar surface area (TPSA) is 52.7 Å². The molecule has 0 saturated carbocycles. The molecule has 1 aliphatic rings. The molecule has 1 saturated heterocycles. The Morgan fingerprint density at radius 2 is 2.11 bits per heavy atom. The fourth-order valence-corrected chi connectivity index (χ4v) is 3.72. The molecule has 0 amide bonds. The van der Waals surface area contributed by atoms with Gasteiger partial charge in [-0.1, -0.05) is 12.1 Å².